The van der Waals surface area contributed by atoms with E-state index in [-0.39, 0.29) is 0 Å². The Labute approximate surface area is 73.5 Å². The van der Waals surface area contributed by atoms with Crippen molar-refractivity contribution in [3.8, 4) is 0 Å². The van der Waals surface area contributed by atoms with Gasteiger partial charge in [0.25, 0.3) is 0 Å². The van der Waals surface area contributed by atoms with Crippen LogP contribution in [-0.2, 0) is 9.78 Å². The van der Waals surface area contributed by atoms with Gasteiger partial charge in [0, 0.05) is 6.42 Å². The first-order valence-electron chi connectivity index (χ1n) is 4.97. The van der Waals surface area contributed by atoms with E-state index in [1.165, 1.54) is 32.1 Å². The molecule has 0 bridgehead atoms. The van der Waals surface area contributed by atoms with Crippen molar-refractivity contribution in [2.75, 3.05) is 0 Å². The van der Waals surface area contributed by atoms with Crippen molar-refractivity contribution in [2.24, 2.45) is 0 Å². The second-order valence-electron chi connectivity index (χ2n) is 3.65. The minimum atomic E-state index is 0.367. The topological polar surface area (TPSA) is 18.5 Å². The summed E-state index contributed by atoms with van der Waals surface area (Å²) in [7, 11) is 0. The van der Waals surface area contributed by atoms with E-state index in [0.717, 1.165) is 18.6 Å². The third-order valence-corrected chi connectivity index (χ3v) is 2.59. The second kappa shape index (κ2) is 3.94. The van der Waals surface area contributed by atoms with Gasteiger partial charge in [0.1, 0.15) is 11.9 Å². The first-order chi connectivity index (χ1) is 5.95. The van der Waals surface area contributed by atoms with E-state index in [0.29, 0.717) is 6.10 Å². The highest BCUT2D eigenvalue weighted by Crippen LogP contribution is 2.24. The second-order valence-corrected chi connectivity index (χ2v) is 3.65. The molecule has 0 amide bonds. The summed E-state index contributed by atoms with van der Waals surface area (Å²) < 4.78 is 0. The van der Waals surface area contributed by atoms with Gasteiger partial charge in [0.2, 0.25) is 0 Å². The van der Waals surface area contributed by atoms with Crippen LogP contribution in [0.25, 0.3) is 0 Å². The van der Waals surface area contributed by atoms with Crippen LogP contribution in [0.4, 0.5) is 0 Å². The Kier molecular flexibility index (Phi) is 2.67. The molecule has 0 aromatic carbocycles. The van der Waals surface area contributed by atoms with Crippen LogP contribution in [0.2, 0.25) is 0 Å². The van der Waals surface area contributed by atoms with Gasteiger partial charge in [-0.05, 0) is 31.8 Å². The third-order valence-electron chi connectivity index (χ3n) is 2.59. The Morgan fingerprint density at radius 1 is 1.17 bits per heavy atom. The predicted octanol–water partition coefficient (Wildman–Crippen LogP) is 2.95. The van der Waals surface area contributed by atoms with Gasteiger partial charge in [-0.25, -0.2) is 0 Å². The molecule has 1 saturated carbocycles. The van der Waals surface area contributed by atoms with Gasteiger partial charge in [-0.2, -0.15) is 4.89 Å². The zero-order valence-electron chi connectivity index (χ0n) is 7.42. The zero-order chi connectivity index (χ0) is 8.23. The molecular weight excluding hydrogens is 152 g/mol. The highest BCUT2D eigenvalue weighted by molar-refractivity contribution is 4.98. The molecule has 0 saturated heterocycles. The summed E-state index contributed by atoms with van der Waals surface area (Å²) >= 11 is 0. The highest BCUT2D eigenvalue weighted by atomic mass is 17.2. The molecule has 1 fully saturated rings. The van der Waals surface area contributed by atoms with Crippen LogP contribution in [0.1, 0.15) is 44.9 Å². The molecule has 0 N–H and O–H groups in total. The van der Waals surface area contributed by atoms with Crippen LogP contribution in [-0.4, -0.2) is 6.10 Å². The molecule has 2 heteroatoms. The molecular formula is C10H16O2. The van der Waals surface area contributed by atoms with Gasteiger partial charge in [0.05, 0.1) is 0 Å². The summed E-state index contributed by atoms with van der Waals surface area (Å²) in [5.74, 6) is 1.04. The van der Waals surface area contributed by atoms with Crippen molar-refractivity contribution in [3.05, 3.63) is 11.8 Å². The number of hydrogen-bond donors (Lipinski definition) is 0. The first-order valence-corrected chi connectivity index (χ1v) is 4.97. The van der Waals surface area contributed by atoms with Gasteiger partial charge >= 0.3 is 0 Å². The maximum Gasteiger partial charge on any atom is 0.138 e. The van der Waals surface area contributed by atoms with Crippen molar-refractivity contribution in [3.63, 3.8) is 0 Å². The smallest absolute Gasteiger partial charge is 0.138 e. The lowest BCUT2D eigenvalue weighted by molar-refractivity contribution is -0.294. The van der Waals surface area contributed by atoms with Crippen LogP contribution in [0, 0.1) is 0 Å². The van der Waals surface area contributed by atoms with Crippen molar-refractivity contribution >= 4 is 0 Å². The molecule has 0 aliphatic heterocycles. The van der Waals surface area contributed by atoms with Crippen molar-refractivity contribution < 1.29 is 9.78 Å². The molecule has 2 aliphatic rings. The number of allylic oxidation sites excluding steroid dienone is 2. The van der Waals surface area contributed by atoms with Gasteiger partial charge in [-0.15, -0.1) is 0 Å². The Morgan fingerprint density at radius 2 is 2.00 bits per heavy atom. The minimum absolute atomic E-state index is 0.367. The van der Waals surface area contributed by atoms with E-state index in [4.69, 9.17) is 9.78 Å². The molecule has 68 valence electrons. The van der Waals surface area contributed by atoms with Crippen LogP contribution in [0.15, 0.2) is 11.8 Å². The lowest BCUT2D eigenvalue weighted by atomic mass is 10.3. The largest absolute Gasteiger partial charge is 0.342 e. The maximum atomic E-state index is 5.32. The Hall–Kier alpha value is -0.500. The predicted molar refractivity (Wildman–Crippen MR) is 46.4 cm³/mol. The van der Waals surface area contributed by atoms with Gasteiger partial charge in [0.15, 0.2) is 0 Å². The summed E-state index contributed by atoms with van der Waals surface area (Å²) in [4.78, 5) is 10.6. The maximum absolute atomic E-state index is 5.32. The van der Waals surface area contributed by atoms with E-state index in [1.54, 1.807) is 0 Å². The van der Waals surface area contributed by atoms with Crippen LogP contribution >= 0.6 is 0 Å². The standard InChI is InChI=1S/C10H16O2/c1-2-6-9(5-1)11-12-10-7-3-4-8-10/h5,10H,1-4,6-8H2. The monoisotopic (exact) mass is 168 g/mol. The molecule has 12 heavy (non-hydrogen) atoms. The number of hydrogen-bond acceptors (Lipinski definition) is 2. The summed E-state index contributed by atoms with van der Waals surface area (Å²) in [6, 6.07) is 0. The minimum Gasteiger partial charge on any atom is -0.342 e. The lowest BCUT2D eigenvalue weighted by Gasteiger charge is -2.10. The SMILES string of the molecule is C1=C(OOC2CCCC2)CCC1. The van der Waals surface area contributed by atoms with Gasteiger partial charge in [-0.1, -0.05) is 12.8 Å². The molecule has 0 atom stereocenters. The van der Waals surface area contributed by atoms with Crippen LogP contribution in [0.5, 0.6) is 0 Å². The van der Waals surface area contributed by atoms with E-state index < -0.39 is 0 Å². The van der Waals surface area contributed by atoms with Crippen LogP contribution in [0.3, 0.4) is 0 Å². The molecule has 2 nitrogen and oxygen atoms in total. The summed E-state index contributed by atoms with van der Waals surface area (Å²) in [5.41, 5.74) is 0. The van der Waals surface area contributed by atoms with Crippen molar-refractivity contribution in [1.82, 2.24) is 0 Å². The molecule has 2 rings (SSSR count). The van der Waals surface area contributed by atoms with Crippen LogP contribution < -0.4 is 0 Å². The van der Waals surface area contributed by atoms with Gasteiger partial charge in [-0.3, -0.25) is 0 Å². The molecule has 0 radical (unpaired) electrons. The van der Waals surface area contributed by atoms with Crippen molar-refractivity contribution in [1.29, 1.82) is 0 Å². The van der Waals surface area contributed by atoms with E-state index in [9.17, 15) is 0 Å². The summed E-state index contributed by atoms with van der Waals surface area (Å²) in [6.45, 7) is 0. The lowest BCUT2D eigenvalue weighted by Crippen LogP contribution is -2.07. The quantitative estimate of drug-likeness (QED) is 0.476. The molecule has 0 heterocycles. The van der Waals surface area contributed by atoms with E-state index >= 15 is 0 Å². The van der Waals surface area contributed by atoms with Crippen molar-refractivity contribution in [2.45, 2.75) is 51.0 Å². The first kappa shape index (κ1) is 8.11. The zero-order valence-corrected chi connectivity index (χ0v) is 7.42. The summed E-state index contributed by atoms with van der Waals surface area (Å²) in [5, 5.41) is 0. The molecule has 0 aromatic heterocycles. The molecule has 0 unspecified atom stereocenters. The average molecular weight is 168 g/mol. The molecule has 0 spiro atoms. The van der Waals surface area contributed by atoms with E-state index in [2.05, 4.69) is 6.08 Å². The Balaban J connectivity index is 1.67. The summed E-state index contributed by atoms with van der Waals surface area (Å²) in [6.07, 6.45) is 10.9. The Morgan fingerprint density at radius 3 is 2.67 bits per heavy atom. The molecule has 0 aromatic rings. The third kappa shape index (κ3) is 2.01. The highest BCUT2D eigenvalue weighted by Gasteiger charge is 2.18. The van der Waals surface area contributed by atoms with Gasteiger partial charge < -0.3 is 4.89 Å². The number of rotatable bonds is 3. The fraction of sp³-hybridized carbons (Fsp3) is 0.800. The van der Waals surface area contributed by atoms with E-state index in [1.807, 2.05) is 0 Å². The fourth-order valence-corrected chi connectivity index (χ4v) is 1.83. The average Bonchev–Trinajstić information content (AvgIpc) is 2.74. The Bertz CT molecular complexity index is 169. The fourth-order valence-electron chi connectivity index (χ4n) is 1.83. The normalized spacial score (nSPS) is 24.5. The molecule has 2 aliphatic carbocycles.